The summed E-state index contributed by atoms with van der Waals surface area (Å²) >= 11 is 0. The van der Waals surface area contributed by atoms with Crippen LogP contribution in [0, 0.1) is 0 Å². The van der Waals surface area contributed by atoms with Crippen molar-refractivity contribution in [1.29, 1.82) is 0 Å². The fraction of sp³-hybridized carbons (Fsp3) is 0.385. The van der Waals surface area contributed by atoms with E-state index in [1.807, 2.05) is 31.2 Å². The van der Waals surface area contributed by atoms with Crippen LogP contribution < -0.4 is 20.7 Å². The van der Waals surface area contributed by atoms with Gasteiger partial charge in [-0.15, -0.1) is 6.58 Å². The van der Waals surface area contributed by atoms with E-state index in [0.29, 0.717) is 6.61 Å². The lowest BCUT2D eigenvalue weighted by molar-refractivity contribution is 0.0620. The maximum atomic E-state index is 5.88. The average Bonchev–Trinajstić information content (AvgIpc) is 2.35. The maximum Gasteiger partial charge on any atom is 0.161 e. The van der Waals surface area contributed by atoms with Crippen LogP contribution in [-0.4, -0.2) is 18.8 Å². The Labute approximate surface area is 101 Å². The maximum absolute atomic E-state index is 5.88. The van der Waals surface area contributed by atoms with E-state index in [2.05, 4.69) is 12.0 Å². The quantitative estimate of drug-likeness (QED) is 0.472. The summed E-state index contributed by atoms with van der Waals surface area (Å²) in [6, 6.07) is 7.66. The molecule has 2 unspecified atom stereocenters. The molecule has 3 N–H and O–H groups in total. The normalized spacial score (nSPS) is 19.8. The lowest BCUT2D eigenvalue weighted by Gasteiger charge is -2.31. The van der Waals surface area contributed by atoms with E-state index in [9.17, 15) is 0 Å². The SMILES string of the molecule is C=C(C)CC(NN)C1COc2ccccc2O1. The summed E-state index contributed by atoms with van der Waals surface area (Å²) in [6.07, 6.45) is 0.679. The highest BCUT2D eigenvalue weighted by Gasteiger charge is 2.27. The van der Waals surface area contributed by atoms with Crippen LogP contribution in [0.5, 0.6) is 11.5 Å². The van der Waals surface area contributed by atoms with Gasteiger partial charge in [0.1, 0.15) is 12.7 Å². The standard InChI is InChI=1S/C13H18N2O2/c1-9(2)7-10(15-14)13-8-16-11-5-3-4-6-12(11)17-13/h3-6,10,13,15H,1,7-8,14H2,2H3. The van der Waals surface area contributed by atoms with Gasteiger partial charge in [-0.2, -0.15) is 0 Å². The first kappa shape index (κ1) is 12.0. The number of hydrazine groups is 1. The Hall–Kier alpha value is -1.52. The van der Waals surface area contributed by atoms with Crippen LogP contribution in [0.2, 0.25) is 0 Å². The molecule has 1 aliphatic rings. The lowest BCUT2D eigenvalue weighted by Crippen LogP contribution is -2.50. The van der Waals surface area contributed by atoms with E-state index in [1.165, 1.54) is 0 Å². The molecule has 2 atom stereocenters. The van der Waals surface area contributed by atoms with Crippen LogP contribution in [-0.2, 0) is 0 Å². The van der Waals surface area contributed by atoms with Crippen molar-refractivity contribution in [2.45, 2.75) is 25.5 Å². The molecule has 0 radical (unpaired) electrons. The fourth-order valence-electron chi connectivity index (χ4n) is 1.91. The number of nitrogens with one attached hydrogen (secondary N) is 1. The van der Waals surface area contributed by atoms with Crippen LogP contribution in [0.3, 0.4) is 0 Å². The third-order valence-electron chi connectivity index (χ3n) is 2.76. The molecule has 1 heterocycles. The molecular weight excluding hydrogens is 216 g/mol. The van der Waals surface area contributed by atoms with Crippen molar-refractivity contribution in [3.05, 3.63) is 36.4 Å². The highest BCUT2D eigenvalue weighted by molar-refractivity contribution is 5.40. The molecule has 1 aromatic carbocycles. The minimum absolute atomic E-state index is 0.0147. The number of nitrogens with two attached hydrogens (primary N) is 1. The highest BCUT2D eigenvalue weighted by atomic mass is 16.6. The monoisotopic (exact) mass is 234 g/mol. The van der Waals surface area contributed by atoms with Gasteiger partial charge in [0.15, 0.2) is 11.5 Å². The number of fused-ring (bicyclic) bond motifs is 1. The molecule has 0 spiro atoms. The minimum Gasteiger partial charge on any atom is -0.486 e. The predicted molar refractivity (Wildman–Crippen MR) is 66.9 cm³/mol. The van der Waals surface area contributed by atoms with Crippen molar-refractivity contribution in [2.75, 3.05) is 6.61 Å². The van der Waals surface area contributed by atoms with Gasteiger partial charge in [0.25, 0.3) is 0 Å². The zero-order chi connectivity index (χ0) is 12.3. The Bertz CT molecular complexity index is 406. The molecule has 0 fully saturated rings. The molecule has 0 saturated carbocycles. The summed E-state index contributed by atoms with van der Waals surface area (Å²) in [7, 11) is 0. The molecule has 1 aromatic rings. The second-order valence-electron chi connectivity index (χ2n) is 4.35. The molecule has 0 aliphatic carbocycles. The molecule has 17 heavy (non-hydrogen) atoms. The zero-order valence-electron chi connectivity index (χ0n) is 9.98. The van der Waals surface area contributed by atoms with E-state index < -0.39 is 0 Å². The highest BCUT2D eigenvalue weighted by Crippen LogP contribution is 2.32. The van der Waals surface area contributed by atoms with Gasteiger partial charge in [-0.3, -0.25) is 11.3 Å². The Morgan fingerprint density at radius 2 is 2.24 bits per heavy atom. The van der Waals surface area contributed by atoms with E-state index in [-0.39, 0.29) is 12.1 Å². The number of hydrogen-bond donors (Lipinski definition) is 2. The van der Waals surface area contributed by atoms with Crippen LogP contribution in [0.15, 0.2) is 36.4 Å². The largest absolute Gasteiger partial charge is 0.486 e. The summed E-state index contributed by atoms with van der Waals surface area (Å²) in [5.41, 5.74) is 3.83. The van der Waals surface area contributed by atoms with Gasteiger partial charge >= 0.3 is 0 Å². The Morgan fingerprint density at radius 1 is 1.53 bits per heavy atom. The van der Waals surface area contributed by atoms with Gasteiger partial charge in [-0.25, -0.2) is 0 Å². The predicted octanol–water partition coefficient (Wildman–Crippen LogP) is 1.62. The molecule has 4 heteroatoms. The van der Waals surface area contributed by atoms with Crippen LogP contribution >= 0.6 is 0 Å². The first-order chi connectivity index (χ1) is 8.20. The molecule has 4 nitrogen and oxygen atoms in total. The molecule has 2 rings (SSSR count). The van der Waals surface area contributed by atoms with Gasteiger partial charge in [0.2, 0.25) is 0 Å². The number of benzene rings is 1. The second kappa shape index (κ2) is 5.21. The topological polar surface area (TPSA) is 56.5 Å². The summed E-state index contributed by atoms with van der Waals surface area (Å²) < 4.78 is 11.5. The summed E-state index contributed by atoms with van der Waals surface area (Å²) in [4.78, 5) is 0. The first-order valence-electron chi connectivity index (χ1n) is 5.69. The molecule has 92 valence electrons. The van der Waals surface area contributed by atoms with E-state index in [0.717, 1.165) is 23.5 Å². The van der Waals surface area contributed by atoms with Crippen LogP contribution in [0.25, 0.3) is 0 Å². The van der Waals surface area contributed by atoms with Crippen molar-refractivity contribution >= 4 is 0 Å². The van der Waals surface area contributed by atoms with Crippen molar-refractivity contribution in [3.63, 3.8) is 0 Å². The average molecular weight is 234 g/mol. The molecule has 0 amide bonds. The molecule has 0 bridgehead atoms. The van der Waals surface area contributed by atoms with Gasteiger partial charge in [-0.05, 0) is 25.5 Å². The van der Waals surface area contributed by atoms with Gasteiger partial charge in [0.05, 0.1) is 6.04 Å². The van der Waals surface area contributed by atoms with Crippen molar-refractivity contribution in [1.82, 2.24) is 5.43 Å². The molecular formula is C13H18N2O2. The van der Waals surface area contributed by atoms with Crippen LogP contribution in [0.1, 0.15) is 13.3 Å². The minimum atomic E-state index is -0.0911. The smallest absolute Gasteiger partial charge is 0.161 e. The number of ether oxygens (including phenoxy) is 2. The molecule has 0 saturated heterocycles. The zero-order valence-corrected chi connectivity index (χ0v) is 9.98. The molecule has 1 aliphatic heterocycles. The fourth-order valence-corrected chi connectivity index (χ4v) is 1.91. The first-order valence-corrected chi connectivity index (χ1v) is 5.69. The summed E-state index contributed by atoms with van der Waals surface area (Å²) in [5.74, 6) is 7.10. The third kappa shape index (κ3) is 2.78. The lowest BCUT2D eigenvalue weighted by atomic mass is 10.0. The number of para-hydroxylation sites is 2. The Morgan fingerprint density at radius 3 is 2.88 bits per heavy atom. The van der Waals surface area contributed by atoms with E-state index >= 15 is 0 Å². The Kier molecular flexibility index (Phi) is 3.66. The second-order valence-corrected chi connectivity index (χ2v) is 4.35. The summed E-state index contributed by atoms with van der Waals surface area (Å²) in [6.45, 7) is 6.36. The van der Waals surface area contributed by atoms with Crippen molar-refractivity contribution in [2.24, 2.45) is 5.84 Å². The van der Waals surface area contributed by atoms with E-state index in [4.69, 9.17) is 15.3 Å². The Balaban J connectivity index is 2.08. The third-order valence-corrected chi connectivity index (χ3v) is 2.76. The van der Waals surface area contributed by atoms with Crippen LogP contribution in [0.4, 0.5) is 0 Å². The number of hydrogen-bond acceptors (Lipinski definition) is 4. The molecule has 0 aromatic heterocycles. The van der Waals surface area contributed by atoms with Gasteiger partial charge in [-0.1, -0.05) is 17.7 Å². The van der Waals surface area contributed by atoms with Crippen molar-refractivity contribution in [3.8, 4) is 11.5 Å². The number of rotatable bonds is 4. The van der Waals surface area contributed by atoms with Gasteiger partial charge < -0.3 is 9.47 Å². The van der Waals surface area contributed by atoms with Crippen molar-refractivity contribution < 1.29 is 9.47 Å². The van der Waals surface area contributed by atoms with E-state index in [1.54, 1.807) is 0 Å². The van der Waals surface area contributed by atoms with Gasteiger partial charge in [0, 0.05) is 0 Å². The summed E-state index contributed by atoms with van der Waals surface area (Å²) in [5, 5.41) is 0.